The van der Waals surface area contributed by atoms with Gasteiger partial charge < -0.3 is 0 Å². The van der Waals surface area contributed by atoms with Gasteiger partial charge >= 0.3 is 0 Å². The van der Waals surface area contributed by atoms with Crippen LogP contribution in [0.4, 0.5) is 0 Å². The summed E-state index contributed by atoms with van der Waals surface area (Å²) in [5.41, 5.74) is 6.42. The van der Waals surface area contributed by atoms with Crippen LogP contribution in [0.2, 0.25) is 0 Å². The number of para-hydroxylation sites is 2. The fraction of sp³-hybridized carbons (Fsp3) is 0.125. The van der Waals surface area contributed by atoms with Gasteiger partial charge in [-0.1, -0.05) is 42.5 Å². The first kappa shape index (κ1) is 17.2. The molecule has 29 heavy (non-hydrogen) atoms. The lowest BCUT2D eigenvalue weighted by molar-refractivity contribution is 0.886. The molecule has 0 saturated carbocycles. The summed E-state index contributed by atoms with van der Waals surface area (Å²) in [4.78, 5) is 9.25. The Morgan fingerprint density at radius 2 is 1.76 bits per heavy atom. The van der Waals surface area contributed by atoms with E-state index < -0.39 is 0 Å². The molecule has 0 unspecified atom stereocenters. The Morgan fingerprint density at radius 3 is 2.48 bits per heavy atom. The van der Waals surface area contributed by atoms with Crippen molar-refractivity contribution < 1.29 is 0 Å². The van der Waals surface area contributed by atoms with Gasteiger partial charge in [0.2, 0.25) is 0 Å². The molecule has 0 spiro atoms. The number of fused-ring (bicyclic) bond motifs is 3. The number of nitriles is 1. The summed E-state index contributed by atoms with van der Waals surface area (Å²) in [5, 5.41) is 9.99. The van der Waals surface area contributed by atoms with E-state index in [0.717, 1.165) is 40.2 Å². The van der Waals surface area contributed by atoms with Gasteiger partial charge in [-0.3, -0.25) is 8.97 Å². The molecule has 0 fully saturated rings. The number of rotatable bonds is 3. The first-order valence-corrected chi connectivity index (χ1v) is 9.56. The molecule has 0 bridgehead atoms. The molecule has 5 heteroatoms. The minimum atomic E-state index is 0.619. The number of imidazole rings is 2. The van der Waals surface area contributed by atoms with Crippen LogP contribution in [0.25, 0.3) is 22.5 Å². The fourth-order valence-electron chi connectivity index (χ4n) is 4.03. The number of aryl methyl sites for hydroxylation is 1. The molecule has 0 N–H and O–H groups in total. The second-order valence-electron chi connectivity index (χ2n) is 7.18. The van der Waals surface area contributed by atoms with Crippen molar-refractivity contribution in [3.05, 3.63) is 95.1 Å². The van der Waals surface area contributed by atoms with E-state index in [2.05, 4.69) is 32.2 Å². The third-order valence-corrected chi connectivity index (χ3v) is 5.48. The maximum Gasteiger partial charge on any atom is 0.157 e. The Labute approximate surface area is 168 Å². The van der Waals surface area contributed by atoms with Gasteiger partial charge in [0, 0.05) is 24.4 Å². The lowest BCUT2D eigenvalue weighted by Crippen LogP contribution is -2.12. The van der Waals surface area contributed by atoms with Crippen molar-refractivity contribution in [2.75, 3.05) is 0 Å². The second-order valence-corrected chi connectivity index (χ2v) is 7.18. The molecule has 0 saturated heterocycles. The Hall–Kier alpha value is -3.91. The van der Waals surface area contributed by atoms with Gasteiger partial charge in [-0.15, -0.1) is 0 Å². The third kappa shape index (κ3) is 2.61. The molecule has 5 aromatic rings. The Morgan fingerprint density at radius 1 is 1.00 bits per heavy atom. The zero-order valence-corrected chi connectivity index (χ0v) is 16.3. The van der Waals surface area contributed by atoms with Gasteiger partial charge in [-0.05, 0) is 37.1 Å². The maximum atomic E-state index is 9.99. The molecule has 0 aliphatic heterocycles. The highest BCUT2D eigenvalue weighted by Crippen LogP contribution is 2.32. The predicted molar refractivity (Wildman–Crippen MR) is 113 cm³/mol. The van der Waals surface area contributed by atoms with Crippen LogP contribution in [-0.2, 0) is 6.42 Å². The normalized spacial score (nSPS) is 11.2. The van der Waals surface area contributed by atoms with Crippen LogP contribution in [0, 0.1) is 25.2 Å². The van der Waals surface area contributed by atoms with E-state index >= 15 is 0 Å². The lowest BCUT2D eigenvalue weighted by Gasteiger charge is -2.19. The van der Waals surface area contributed by atoms with Crippen LogP contribution >= 0.6 is 0 Å². The summed E-state index contributed by atoms with van der Waals surface area (Å²) in [6, 6.07) is 20.8. The van der Waals surface area contributed by atoms with E-state index in [1.165, 1.54) is 5.56 Å². The molecule has 0 amide bonds. The molecule has 0 radical (unpaired) electrons. The standard InChI is InChI=1S/C24H19N5/c1-16-19(14-18-8-4-3-5-9-18)24(28-13-12-26-17(28)2)29-22-11-7-6-10-21(22)27-23(29)20(16)15-25/h3-13H,14H2,1-2H3. The van der Waals surface area contributed by atoms with Crippen molar-refractivity contribution in [3.8, 4) is 11.9 Å². The Balaban J connectivity index is 1.97. The fourth-order valence-corrected chi connectivity index (χ4v) is 4.03. The zero-order valence-electron chi connectivity index (χ0n) is 16.3. The van der Waals surface area contributed by atoms with Crippen molar-refractivity contribution in [1.29, 1.82) is 5.26 Å². The maximum absolute atomic E-state index is 9.99. The monoisotopic (exact) mass is 377 g/mol. The van der Waals surface area contributed by atoms with Crippen molar-refractivity contribution >= 4 is 16.7 Å². The SMILES string of the molecule is Cc1c(Cc2ccccc2)c(-n2ccnc2C)n2c(nc3ccccc32)c1C#N. The summed E-state index contributed by atoms with van der Waals surface area (Å²) in [5.74, 6) is 1.88. The molecule has 0 aliphatic carbocycles. The molecular formula is C24H19N5. The van der Waals surface area contributed by atoms with E-state index in [1.54, 1.807) is 6.20 Å². The second kappa shape index (κ2) is 6.61. The molecule has 3 aromatic heterocycles. The summed E-state index contributed by atoms with van der Waals surface area (Å²) in [6.45, 7) is 4.01. The lowest BCUT2D eigenvalue weighted by atomic mass is 9.97. The van der Waals surface area contributed by atoms with Crippen molar-refractivity contribution in [1.82, 2.24) is 18.9 Å². The van der Waals surface area contributed by atoms with Crippen LogP contribution in [-0.4, -0.2) is 18.9 Å². The molecule has 2 aromatic carbocycles. The summed E-state index contributed by atoms with van der Waals surface area (Å²) in [7, 11) is 0. The van der Waals surface area contributed by atoms with Crippen LogP contribution < -0.4 is 0 Å². The van der Waals surface area contributed by atoms with Gasteiger partial charge in [0.25, 0.3) is 0 Å². The van der Waals surface area contributed by atoms with Gasteiger partial charge in [-0.2, -0.15) is 5.26 Å². The highest BCUT2D eigenvalue weighted by Gasteiger charge is 2.22. The van der Waals surface area contributed by atoms with Crippen LogP contribution in [0.1, 0.15) is 28.1 Å². The third-order valence-electron chi connectivity index (χ3n) is 5.48. The van der Waals surface area contributed by atoms with Gasteiger partial charge in [0.15, 0.2) is 5.65 Å². The number of nitrogens with zero attached hydrogens (tertiary/aromatic N) is 5. The number of hydrogen-bond donors (Lipinski definition) is 0. The molecule has 140 valence electrons. The van der Waals surface area contributed by atoms with Crippen LogP contribution in [0.5, 0.6) is 0 Å². The number of hydrogen-bond acceptors (Lipinski definition) is 3. The molecule has 5 nitrogen and oxygen atoms in total. The minimum Gasteiger partial charge on any atom is -0.289 e. The Bertz CT molecular complexity index is 1400. The smallest absolute Gasteiger partial charge is 0.157 e. The zero-order chi connectivity index (χ0) is 20.0. The quantitative estimate of drug-likeness (QED) is 0.456. The van der Waals surface area contributed by atoms with E-state index in [9.17, 15) is 5.26 Å². The molecule has 5 rings (SSSR count). The predicted octanol–water partition coefficient (Wildman–Crippen LogP) is 4.75. The van der Waals surface area contributed by atoms with E-state index in [-0.39, 0.29) is 0 Å². The number of benzene rings is 2. The number of aromatic nitrogens is 4. The molecule has 3 heterocycles. The van der Waals surface area contributed by atoms with Crippen molar-refractivity contribution in [2.45, 2.75) is 20.3 Å². The van der Waals surface area contributed by atoms with Crippen molar-refractivity contribution in [2.24, 2.45) is 0 Å². The van der Waals surface area contributed by atoms with Crippen LogP contribution in [0.3, 0.4) is 0 Å². The Kier molecular flexibility index (Phi) is 3.92. The topological polar surface area (TPSA) is 58.9 Å². The van der Waals surface area contributed by atoms with Crippen molar-refractivity contribution in [3.63, 3.8) is 0 Å². The van der Waals surface area contributed by atoms with E-state index in [1.807, 2.05) is 62.5 Å². The summed E-state index contributed by atoms with van der Waals surface area (Å²) >= 11 is 0. The van der Waals surface area contributed by atoms with Gasteiger partial charge in [0.1, 0.15) is 17.7 Å². The largest absolute Gasteiger partial charge is 0.289 e. The average molecular weight is 377 g/mol. The van der Waals surface area contributed by atoms with Gasteiger partial charge in [-0.25, -0.2) is 9.97 Å². The average Bonchev–Trinajstić information content (AvgIpc) is 3.33. The first-order valence-electron chi connectivity index (χ1n) is 9.56. The van der Waals surface area contributed by atoms with Gasteiger partial charge in [0.05, 0.1) is 16.6 Å². The number of pyridine rings is 1. The molecule has 0 aliphatic rings. The summed E-state index contributed by atoms with van der Waals surface area (Å²) in [6.07, 6.45) is 4.50. The van der Waals surface area contributed by atoms with E-state index in [0.29, 0.717) is 11.2 Å². The summed E-state index contributed by atoms with van der Waals surface area (Å²) < 4.78 is 4.20. The van der Waals surface area contributed by atoms with E-state index in [4.69, 9.17) is 4.98 Å². The highest BCUT2D eigenvalue weighted by molar-refractivity contribution is 5.85. The first-order chi connectivity index (χ1) is 14.2. The molecule has 0 atom stereocenters. The van der Waals surface area contributed by atoms with Crippen LogP contribution in [0.15, 0.2) is 67.0 Å². The minimum absolute atomic E-state index is 0.619. The highest BCUT2D eigenvalue weighted by atomic mass is 15.2. The molecular weight excluding hydrogens is 358 g/mol.